The van der Waals surface area contributed by atoms with Crippen LogP contribution in [0.25, 0.3) is 22.5 Å². The smallest absolute Gasteiger partial charge is 0.399 e. The number of aromatic amines is 2. The number of benzene rings is 2. The normalized spacial score (nSPS) is 19.8. The number of hydrogen-bond donors (Lipinski definition) is 2. The summed E-state index contributed by atoms with van der Waals surface area (Å²) in [5.74, 6) is 3.60. The second-order valence-corrected chi connectivity index (χ2v) is 12.5. The fourth-order valence-electron chi connectivity index (χ4n) is 4.52. The number of nitrogens with one attached hydrogen (secondary N) is 2. The van der Waals surface area contributed by atoms with Gasteiger partial charge in [-0.05, 0) is 82.1 Å². The molecule has 2 N–H and O–H groups in total. The maximum Gasteiger partial charge on any atom is 0.494 e. The van der Waals surface area contributed by atoms with Crippen molar-refractivity contribution in [2.75, 3.05) is 0 Å². The van der Waals surface area contributed by atoms with Crippen molar-refractivity contribution < 1.29 is 9.31 Å². The highest BCUT2D eigenvalue weighted by atomic mass is 79.9. The summed E-state index contributed by atoms with van der Waals surface area (Å²) in [6, 6.07) is 16.6. The molecule has 38 heavy (non-hydrogen) atoms. The fraction of sp³-hybridized carbons (Fsp3) is 0.400. The van der Waals surface area contributed by atoms with Crippen LogP contribution in [0.15, 0.2) is 65.4 Å². The van der Waals surface area contributed by atoms with E-state index in [1.807, 2.05) is 24.5 Å². The first-order valence-corrected chi connectivity index (χ1v) is 14.3. The molecule has 6 nitrogen and oxygen atoms in total. The Balaban J connectivity index is 0.000000152. The summed E-state index contributed by atoms with van der Waals surface area (Å²) in [6.07, 6.45) is 8.94. The monoisotopic (exact) mass is 572 g/mol. The van der Waals surface area contributed by atoms with E-state index in [-0.39, 0.29) is 18.3 Å². The maximum atomic E-state index is 6.10. The van der Waals surface area contributed by atoms with Gasteiger partial charge < -0.3 is 19.3 Å². The van der Waals surface area contributed by atoms with E-state index in [1.165, 1.54) is 31.2 Å². The number of H-pyrrole nitrogens is 2. The lowest BCUT2D eigenvalue weighted by Crippen LogP contribution is -2.41. The lowest BCUT2D eigenvalue weighted by Gasteiger charge is -2.32. The molecule has 0 unspecified atom stereocenters. The van der Waals surface area contributed by atoms with Crippen molar-refractivity contribution in [3.05, 3.63) is 77.0 Å². The van der Waals surface area contributed by atoms with E-state index >= 15 is 0 Å². The van der Waals surface area contributed by atoms with E-state index < -0.39 is 0 Å². The lowest BCUT2D eigenvalue weighted by molar-refractivity contribution is 0.00578. The van der Waals surface area contributed by atoms with Crippen molar-refractivity contribution in [1.29, 1.82) is 0 Å². The van der Waals surface area contributed by atoms with Crippen molar-refractivity contribution in [2.45, 2.75) is 76.4 Å². The molecule has 8 heteroatoms. The molecule has 0 amide bonds. The van der Waals surface area contributed by atoms with Gasteiger partial charge in [-0.1, -0.05) is 52.3 Å². The van der Waals surface area contributed by atoms with Crippen molar-refractivity contribution >= 4 is 28.5 Å². The van der Waals surface area contributed by atoms with Gasteiger partial charge in [-0.3, -0.25) is 0 Å². The van der Waals surface area contributed by atoms with Crippen LogP contribution in [-0.2, 0) is 9.31 Å². The third-order valence-electron chi connectivity index (χ3n) is 8.02. The second kappa shape index (κ2) is 9.81. The van der Waals surface area contributed by atoms with Crippen molar-refractivity contribution in [3.63, 3.8) is 0 Å². The first-order chi connectivity index (χ1) is 18.2. The highest BCUT2D eigenvalue weighted by molar-refractivity contribution is 9.10. The number of aromatic nitrogens is 4. The average Bonchev–Trinajstić information content (AvgIpc) is 3.81. The molecule has 7 rings (SSSR count). The third kappa shape index (κ3) is 5.40. The summed E-state index contributed by atoms with van der Waals surface area (Å²) in [5, 5.41) is 0. The second-order valence-electron chi connectivity index (χ2n) is 11.6. The van der Waals surface area contributed by atoms with Gasteiger partial charge in [0.2, 0.25) is 0 Å². The number of nitrogens with zero attached hydrogens (tertiary/aromatic N) is 2. The zero-order valence-electron chi connectivity index (χ0n) is 22.4. The molecular formula is C30H34BBrN4O2. The Kier molecular flexibility index (Phi) is 6.61. The zero-order chi connectivity index (χ0) is 26.5. The van der Waals surface area contributed by atoms with E-state index in [0.29, 0.717) is 11.8 Å². The van der Waals surface area contributed by atoms with E-state index in [2.05, 4.69) is 100.0 Å². The van der Waals surface area contributed by atoms with Crippen molar-refractivity contribution in [2.24, 2.45) is 0 Å². The molecule has 1 aliphatic heterocycles. The Hall–Kier alpha value is -2.68. The molecule has 196 valence electrons. The molecule has 0 atom stereocenters. The Morgan fingerprint density at radius 3 is 1.55 bits per heavy atom. The SMILES string of the molecule is Brc1ccc(-c2cnc(C3CC3)[nH]2)cc1.CC1(C)OB(c2ccc(-c3cnc(C4CC4)[nH]3)cc2)OC1(C)C. The van der Waals surface area contributed by atoms with Gasteiger partial charge in [-0.2, -0.15) is 0 Å². The molecule has 2 aromatic carbocycles. The van der Waals surface area contributed by atoms with Crippen LogP contribution >= 0.6 is 15.9 Å². The summed E-state index contributed by atoms with van der Waals surface area (Å²) in [7, 11) is -0.308. The molecule has 2 aromatic heterocycles. The Morgan fingerprint density at radius 1 is 0.711 bits per heavy atom. The minimum absolute atomic E-state index is 0.307. The summed E-state index contributed by atoms with van der Waals surface area (Å²) >= 11 is 3.43. The highest BCUT2D eigenvalue weighted by Gasteiger charge is 2.51. The predicted octanol–water partition coefficient (Wildman–Crippen LogP) is 6.97. The predicted molar refractivity (Wildman–Crippen MR) is 155 cm³/mol. The van der Waals surface area contributed by atoms with Crippen molar-refractivity contribution in [1.82, 2.24) is 19.9 Å². The van der Waals surface area contributed by atoms with Crippen LogP contribution in [-0.4, -0.2) is 38.3 Å². The number of rotatable bonds is 5. The van der Waals surface area contributed by atoms with Gasteiger partial charge >= 0.3 is 7.12 Å². The van der Waals surface area contributed by atoms with Gasteiger partial charge in [0, 0.05) is 16.3 Å². The summed E-state index contributed by atoms with van der Waals surface area (Å²) in [6.45, 7) is 8.30. The Bertz CT molecular complexity index is 1390. The number of hydrogen-bond acceptors (Lipinski definition) is 4. The summed E-state index contributed by atoms with van der Waals surface area (Å²) in [4.78, 5) is 15.7. The molecule has 0 spiro atoms. The fourth-order valence-corrected chi connectivity index (χ4v) is 4.79. The summed E-state index contributed by atoms with van der Waals surface area (Å²) < 4.78 is 13.3. The molecule has 4 aromatic rings. The Morgan fingerprint density at radius 2 is 1.13 bits per heavy atom. The van der Waals surface area contributed by atoms with Crippen LogP contribution in [0.5, 0.6) is 0 Å². The standard InChI is InChI=1S/C18H23BN2O2.C12H11BrN2/c1-17(2)18(3,4)23-19(22-17)14-9-7-12(8-10-14)15-11-20-16(21-15)13-5-6-13;13-10-5-3-8(4-6-10)11-7-14-12(15-11)9-1-2-9/h7-11,13H,5-6H2,1-4H3,(H,20,21);3-7,9H,1-2H2,(H,14,15). The minimum atomic E-state index is -0.308. The molecule has 3 heterocycles. The van der Waals surface area contributed by atoms with Gasteiger partial charge in [0.1, 0.15) is 11.6 Å². The Labute approximate surface area is 233 Å². The zero-order valence-corrected chi connectivity index (χ0v) is 24.0. The molecule has 2 saturated carbocycles. The quantitative estimate of drug-likeness (QED) is 0.253. The van der Waals surface area contributed by atoms with E-state index in [1.54, 1.807) is 0 Å². The first-order valence-electron chi connectivity index (χ1n) is 13.5. The van der Waals surface area contributed by atoms with Crippen LogP contribution in [0.1, 0.15) is 76.9 Å². The number of halogens is 1. The van der Waals surface area contributed by atoms with Crippen molar-refractivity contribution in [3.8, 4) is 22.5 Å². The lowest BCUT2D eigenvalue weighted by atomic mass is 9.79. The molecule has 3 fully saturated rings. The highest BCUT2D eigenvalue weighted by Crippen LogP contribution is 2.40. The van der Waals surface area contributed by atoms with Crippen LogP contribution in [0, 0.1) is 0 Å². The molecular weight excluding hydrogens is 539 g/mol. The third-order valence-corrected chi connectivity index (χ3v) is 8.55. The van der Waals surface area contributed by atoms with Gasteiger partial charge in [0.05, 0.1) is 35.0 Å². The van der Waals surface area contributed by atoms with Crippen LogP contribution < -0.4 is 5.46 Å². The molecule has 1 saturated heterocycles. The maximum absolute atomic E-state index is 6.10. The van der Waals surface area contributed by atoms with Gasteiger partial charge in [-0.25, -0.2) is 9.97 Å². The molecule has 0 radical (unpaired) electrons. The first kappa shape index (κ1) is 25.6. The molecule has 3 aliphatic rings. The van der Waals surface area contributed by atoms with E-state index in [0.717, 1.165) is 38.5 Å². The van der Waals surface area contributed by atoms with E-state index in [9.17, 15) is 0 Å². The van der Waals surface area contributed by atoms with Gasteiger partial charge in [-0.15, -0.1) is 0 Å². The molecule has 0 bridgehead atoms. The van der Waals surface area contributed by atoms with Crippen LogP contribution in [0.2, 0.25) is 0 Å². The molecule has 2 aliphatic carbocycles. The van der Waals surface area contributed by atoms with Crippen LogP contribution in [0.3, 0.4) is 0 Å². The summed E-state index contributed by atoms with van der Waals surface area (Å²) in [5.41, 5.74) is 4.96. The van der Waals surface area contributed by atoms with Gasteiger partial charge in [0.25, 0.3) is 0 Å². The van der Waals surface area contributed by atoms with Crippen LogP contribution in [0.4, 0.5) is 0 Å². The minimum Gasteiger partial charge on any atom is -0.399 e. The number of imidazole rings is 2. The van der Waals surface area contributed by atoms with Gasteiger partial charge in [0.15, 0.2) is 0 Å². The largest absolute Gasteiger partial charge is 0.494 e. The average molecular weight is 573 g/mol. The topological polar surface area (TPSA) is 75.8 Å². The van der Waals surface area contributed by atoms with E-state index in [4.69, 9.17) is 9.31 Å².